The Kier molecular flexibility index (Phi) is 6.33. The summed E-state index contributed by atoms with van der Waals surface area (Å²) in [7, 11) is -4.12. The van der Waals surface area contributed by atoms with E-state index in [-0.39, 0.29) is 6.54 Å². The predicted molar refractivity (Wildman–Crippen MR) is 89.2 cm³/mol. The third-order valence-electron chi connectivity index (χ3n) is 3.26. The fraction of sp³-hybridized carbons (Fsp3) is 0.294. The van der Waals surface area contributed by atoms with Crippen molar-refractivity contribution < 1.29 is 26.7 Å². The number of benzene rings is 2. The van der Waals surface area contributed by atoms with Gasteiger partial charge in [-0.25, -0.2) is 21.9 Å². The molecule has 0 spiro atoms. The SMILES string of the molecule is CCOc1ccc(CNS(=O)(=O)c2ccc(F)cc2F)cc1OCC. The van der Waals surface area contributed by atoms with Crippen LogP contribution in [-0.2, 0) is 16.6 Å². The molecule has 0 bridgehead atoms. The Morgan fingerprint density at radius 1 is 0.960 bits per heavy atom. The second-order valence-electron chi connectivity index (χ2n) is 5.05. The lowest BCUT2D eigenvalue weighted by molar-refractivity contribution is 0.287. The zero-order valence-corrected chi connectivity index (χ0v) is 14.7. The van der Waals surface area contributed by atoms with E-state index in [4.69, 9.17) is 9.47 Å². The van der Waals surface area contributed by atoms with E-state index in [1.54, 1.807) is 18.2 Å². The van der Waals surface area contributed by atoms with Crippen LogP contribution >= 0.6 is 0 Å². The molecule has 2 rings (SSSR count). The molecule has 0 aliphatic rings. The van der Waals surface area contributed by atoms with E-state index in [0.29, 0.717) is 36.3 Å². The minimum atomic E-state index is -4.12. The van der Waals surface area contributed by atoms with E-state index in [1.807, 2.05) is 13.8 Å². The minimum absolute atomic E-state index is 0.0777. The van der Waals surface area contributed by atoms with Crippen molar-refractivity contribution >= 4 is 10.0 Å². The zero-order valence-electron chi connectivity index (χ0n) is 13.9. The van der Waals surface area contributed by atoms with Crippen molar-refractivity contribution in [2.45, 2.75) is 25.3 Å². The number of sulfonamides is 1. The average Bonchev–Trinajstić information content (AvgIpc) is 2.55. The normalized spacial score (nSPS) is 11.4. The summed E-state index contributed by atoms with van der Waals surface area (Å²) in [5.74, 6) is -0.937. The van der Waals surface area contributed by atoms with Gasteiger partial charge in [0, 0.05) is 12.6 Å². The van der Waals surface area contributed by atoms with Gasteiger partial charge in [-0.2, -0.15) is 0 Å². The van der Waals surface area contributed by atoms with Crippen molar-refractivity contribution in [3.05, 3.63) is 53.6 Å². The molecule has 0 aromatic heterocycles. The monoisotopic (exact) mass is 371 g/mol. The molecule has 5 nitrogen and oxygen atoms in total. The highest BCUT2D eigenvalue weighted by Gasteiger charge is 2.19. The van der Waals surface area contributed by atoms with E-state index < -0.39 is 26.6 Å². The van der Waals surface area contributed by atoms with Gasteiger partial charge in [0.15, 0.2) is 11.5 Å². The molecule has 2 aromatic rings. The molecular weight excluding hydrogens is 352 g/mol. The first-order valence-electron chi connectivity index (χ1n) is 7.70. The predicted octanol–water partition coefficient (Wildman–Crippen LogP) is 3.24. The highest BCUT2D eigenvalue weighted by atomic mass is 32.2. The Hall–Kier alpha value is -2.19. The van der Waals surface area contributed by atoms with Gasteiger partial charge < -0.3 is 9.47 Å². The van der Waals surface area contributed by atoms with Crippen molar-refractivity contribution in [1.29, 1.82) is 0 Å². The van der Waals surface area contributed by atoms with Crippen LogP contribution in [0.2, 0.25) is 0 Å². The summed E-state index contributed by atoms with van der Waals surface area (Å²) in [6.45, 7) is 4.48. The maximum atomic E-state index is 13.7. The molecule has 8 heteroatoms. The number of hydrogen-bond acceptors (Lipinski definition) is 4. The van der Waals surface area contributed by atoms with Crippen LogP contribution in [0.15, 0.2) is 41.3 Å². The van der Waals surface area contributed by atoms with Gasteiger partial charge in [0.1, 0.15) is 16.5 Å². The highest BCUT2D eigenvalue weighted by molar-refractivity contribution is 7.89. The van der Waals surface area contributed by atoms with Gasteiger partial charge in [0.25, 0.3) is 0 Å². The molecule has 0 amide bonds. The summed E-state index contributed by atoms with van der Waals surface area (Å²) < 4.78 is 64.2. The van der Waals surface area contributed by atoms with Crippen LogP contribution in [0.3, 0.4) is 0 Å². The number of ether oxygens (including phenoxy) is 2. The second kappa shape index (κ2) is 8.26. The summed E-state index contributed by atoms with van der Waals surface area (Å²) in [5, 5.41) is 0. The molecule has 136 valence electrons. The van der Waals surface area contributed by atoms with Crippen LogP contribution in [0.4, 0.5) is 8.78 Å². The quantitative estimate of drug-likeness (QED) is 0.774. The molecule has 0 heterocycles. The Morgan fingerprint density at radius 3 is 2.28 bits per heavy atom. The fourth-order valence-electron chi connectivity index (χ4n) is 2.15. The fourth-order valence-corrected chi connectivity index (χ4v) is 3.23. The molecular formula is C17H19F2NO4S. The van der Waals surface area contributed by atoms with E-state index in [2.05, 4.69) is 4.72 Å². The van der Waals surface area contributed by atoms with Gasteiger partial charge in [-0.05, 0) is 43.7 Å². The van der Waals surface area contributed by atoms with Crippen molar-refractivity contribution in [2.24, 2.45) is 0 Å². The van der Waals surface area contributed by atoms with Crippen molar-refractivity contribution in [1.82, 2.24) is 4.72 Å². The lowest BCUT2D eigenvalue weighted by Gasteiger charge is -2.13. The molecule has 0 radical (unpaired) electrons. The van der Waals surface area contributed by atoms with Crippen molar-refractivity contribution in [3.63, 3.8) is 0 Å². The topological polar surface area (TPSA) is 64.6 Å². The molecule has 25 heavy (non-hydrogen) atoms. The molecule has 2 aromatic carbocycles. The van der Waals surface area contributed by atoms with Crippen LogP contribution < -0.4 is 14.2 Å². The van der Waals surface area contributed by atoms with Crippen LogP contribution in [0.5, 0.6) is 11.5 Å². The van der Waals surface area contributed by atoms with Crippen molar-refractivity contribution in [2.75, 3.05) is 13.2 Å². The smallest absolute Gasteiger partial charge is 0.243 e. The Morgan fingerprint density at radius 2 is 1.64 bits per heavy atom. The molecule has 1 N–H and O–H groups in total. The lowest BCUT2D eigenvalue weighted by atomic mass is 10.2. The molecule has 0 saturated heterocycles. The minimum Gasteiger partial charge on any atom is -0.490 e. The summed E-state index contributed by atoms with van der Waals surface area (Å²) in [6.07, 6.45) is 0. The number of nitrogens with one attached hydrogen (secondary N) is 1. The summed E-state index contributed by atoms with van der Waals surface area (Å²) in [6, 6.07) is 7.31. The summed E-state index contributed by atoms with van der Waals surface area (Å²) in [5.41, 5.74) is 0.609. The first-order chi connectivity index (χ1) is 11.9. The molecule has 0 saturated carbocycles. The standard InChI is InChI=1S/C17H19F2NO4S/c1-3-23-15-7-5-12(9-16(15)24-4-2)11-20-25(21,22)17-8-6-13(18)10-14(17)19/h5-10,20H,3-4,11H2,1-2H3. The first-order valence-corrected chi connectivity index (χ1v) is 9.19. The summed E-state index contributed by atoms with van der Waals surface area (Å²) >= 11 is 0. The zero-order chi connectivity index (χ0) is 18.4. The molecule has 0 unspecified atom stereocenters. The average molecular weight is 371 g/mol. The van der Waals surface area contributed by atoms with Gasteiger partial charge in [-0.1, -0.05) is 6.07 Å². The molecule has 0 aliphatic heterocycles. The second-order valence-corrected chi connectivity index (χ2v) is 6.78. The Labute approximate surface area is 145 Å². The largest absolute Gasteiger partial charge is 0.490 e. The lowest BCUT2D eigenvalue weighted by Crippen LogP contribution is -2.24. The van der Waals surface area contributed by atoms with E-state index in [1.165, 1.54) is 0 Å². The number of halogens is 2. The van der Waals surface area contributed by atoms with Gasteiger partial charge >= 0.3 is 0 Å². The van der Waals surface area contributed by atoms with Crippen LogP contribution in [0.25, 0.3) is 0 Å². The maximum Gasteiger partial charge on any atom is 0.243 e. The van der Waals surface area contributed by atoms with E-state index in [0.717, 1.165) is 12.1 Å². The number of rotatable bonds is 8. The van der Waals surface area contributed by atoms with Crippen LogP contribution in [0.1, 0.15) is 19.4 Å². The highest BCUT2D eigenvalue weighted by Crippen LogP contribution is 2.28. The first kappa shape index (κ1) is 19.1. The number of hydrogen-bond donors (Lipinski definition) is 1. The molecule has 0 aliphatic carbocycles. The van der Waals surface area contributed by atoms with E-state index in [9.17, 15) is 17.2 Å². The molecule has 0 fully saturated rings. The summed E-state index contributed by atoms with van der Waals surface area (Å²) in [4.78, 5) is -0.607. The third-order valence-corrected chi connectivity index (χ3v) is 4.69. The van der Waals surface area contributed by atoms with Gasteiger partial charge in [0.05, 0.1) is 13.2 Å². The van der Waals surface area contributed by atoms with Gasteiger partial charge in [-0.15, -0.1) is 0 Å². The molecule has 0 atom stereocenters. The third kappa shape index (κ3) is 4.90. The van der Waals surface area contributed by atoms with E-state index >= 15 is 0 Å². The van der Waals surface area contributed by atoms with Crippen molar-refractivity contribution in [3.8, 4) is 11.5 Å². The van der Waals surface area contributed by atoms with Crippen LogP contribution in [0, 0.1) is 11.6 Å². The Balaban J connectivity index is 2.18. The Bertz CT molecular complexity index is 841. The van der Waals surface area contributed by atoms with Crippen LogP contribution in [-0.4, -0.2) is 21.6 Å². The van der Waals surface area contributed by atoms with Gasteiger partial charge in [-0.3, -0.25) is 0 Å². The van der Waals surface area contributed by atoms with Gasteiger partial charge in [0.2, 0.25) is 10.0 Å². The maximum absolute atomic E-state index is 13.7.